The van der Waals surface area contributed by atoms with Crippen molar-refractivity contribution in [2.75, 3.05) is 6.54 Å². The third-order valence-electron chi connectivity index (χ3n) is 7.52. The number of nitrogens with one attached hydrogen (secondary N) is 1. The molecule has 112 valence electrons. The predicted molar refractivity (Wildman–Crippen MR) is 81.2 cm³/mol. The van der Waals surface area contributed by atoms with Gasteiger partial charge in [-0.15, -0.1) is 0 Å². The van der Waals surface area contributed by atoms with E-state index in [1.165, 1.54) is 25.7 Å². The van der Waals surface area contributed by atoms with Gasteiger partial charge in [0.1, 0.15) is 0 Å². The van der Waals surface area contributed by atoms with Crippen LogP contribution in [0.25, 0.3) is 0 Å². The summed E-state index contributed by atoms with van der Waals surface area (Å²) in [6, 6.07) is 0.816. The van der Waals surface area contributed by atoms with Crippen LogP contribution in [0.4, 0.5) is 0 Å². The number of hydrogen-bond donors (Lipinski definition) is 2. The quantitative estimate of drug-likeness (QED) is 0.809. The molecule has 0 aliphatic heterocycles. The van der Waals surface area contributed by atoms with Gasteiger partial charge in [0.15, 0.2) is 0 Å². The SMILES string of the molecule is NCC(NC1CC1)(C1CC1)C1C2CC3CC(C2)CC1C3. The summed E-state index contributed by atoms with van der Waals surface area (Å²) in [4.78, 5) is 0. The molecular formula is C18H30N2. The molecule has 1 atom stereocenters. The molecule has 0 amide bonds. The van der Waals surface area contributed by atoms with Gasteiger partial charge in [-0.25, -0.2) is 0 Å². The Bertz CT molecular complexity index is 370. The summed E-state index contributed by atoms with van der Waals surface area (Å²) in [5, 5.41) is 4.12. The van der Waals surface area contributed by atoms with Gasteiger partial charge in [-0.3, -0.25) is 0 Å². The smallest absolute Gasteiger partial charge is 0.0368 e. The Kier molecular flexibility index (Phi) is 2.63. The Morgan fingerprint density at radius 1 is 0.850 bits per heavy atom. The van der Waals surface area contributed by atoms with Crippen molar-refractivity contribution in [3.8, 4) is 0 Å². The van der Waals surface area contributed by atoms with Gasteiger partial charge < -0.3 is 11.1 Å². The summed E-state index contributed by atoms with van der Waals surface area (Å²) < 4.78 is 0. The van der Waals surface area contributed by atoms with E-state index in [9.17, 15) is 0 Å². The lowest BCUT2D eigenvalue weighted by Gasteiger charge is -2.60. The number of rotatable bonds is 5. The van der Waals surface area contributed by atoms with Crippen molar-refractivity contribution in [3.63, 3.8) is 0 Å². The van der Waals surface area contributed by atoms with Crippen LogP contribution in [-0.2, 0) is 0 Å². The van der Waals surface area contributed by atoms with Crippen molar-refractivity contribution >= 4 is 0 Å². The fraction of sp³-hybridized carbons (Fsp3) is 1.00. The van der Waals surface area contributed by atoms with E-state index in [1.807, 2.05) is 0 Å². The van der Waals surface area contributed by atoms with Crippen LogP contribution < -0.4 is 11.1 Å². The summed E-state index contributed by atoms with van der Waals surface area (Å²) in [5.74, 6) is 6.04. The first-order valence-corrected chi connectivity index (χ1v) is 9.26. The van der Waals surface area contributed by atoms with Gasteiger partial charge in [0.25, 0.3) is 0 Å². The molecule has 4 bridgehead atoms. The highest BCUT2D eigenvalue weighted by Gasteiger charge is 2.60. The third-order valence-corrected chi connectivity index (χ3v) is 7.52. The molecule has 0 aromatic rings. The Hall–Kier alpha value is -0.0800. The van der Waals surface area contributed by atoms with E-state index in [2.05, 4.69) is 5.32 Å². The van der Waals surface area contributed by atoms with Crippen molar-refractivity contribution in [1.29, 1.82) is 0 Å². The highest BCUT2D eigenvalue weighted by atomic mass is 15.1. The molecule has 20 heavy (non-hydrogen) atoms. The molecule has 1 unspecified atom stereocenters. The minimum Gasteiger partial charge on any atom is -0.329 e. The molecule has 0 saturated heterocycles. The van der Waals surface area contributed by atoms with Crippen LogP contribution in [-0.4, -0.2) is 18.1 Å². The first-order valence-electron chi connectivity index (χ1n) is 9.26. The molecule has 0 aromatic heterocycles. The molecular weight excluding hydrogens is 244 g/mol. The molecule has 0 spiro atoms. The van der Waals surface area contributed by atoms with Gasteiger partial charge in [0.2, 0.25) is 0 Å². The lowest BCUT2D eigenvalue weighted by Crippen LogP contribution is -2.66. The van der Waals surface area contributed by atoms with Crippen molar-refractivity contribution in [2.45, 2.75) is 69.4 Å². The zero-order valence-corrected chi connectivity index (χ0v) is 12.7. The van der Waals surface area contributed by atoms with Crippen LogP contribution in [0.5, 0.6) is 0 Å². The number of nitrogens with two attached hydrogens (primary N) is 1. The lowest BCUT2D eigenvalue weighted by molar-refractivity contribution is -0.0828. The lowest BCUT2D eigenvalue weighted by atomic mass is 9.47. The second kappa shape index (κ2) is 4.23. The Balaban J connectivity index is 1.48. The summed E-state index contributed by atoms with van der Waals surface area (Å²) in [7, 11) is 0. The van der Waals surface area contributed by atoms with Gasteiger partial charge in [0, 0.05) is 18.1 Å². The normalized spacial score (nSPS) is 49.4. The summed E-state index contributed by atoms with van der Waals surface area (Å²) in [5.41, 5.74) is 6.78. The Morgan fingerprint density at radius 3 is 1.90 bits per heavy atom. The molecule has 2 heteroatoms. The maximum absolute atomic E-state index is 6.44. The van der Waals surface area contributed by atoms with E-state index in [0.29, 0.717) is 5.54 Å². The Labute approximate surface area is 123 Å². The van der Waals surface area contributed by atoms with Gasteiger partial charge in [-0.05, 0) is 93.3 Å². The monoisotopic (exact) mass is 274 g/mol. The molecule has 3 N–H and O–H groups in total. The summed E-state index contributed by atoms with van der Waals surface area (Å²) >= 11 is 0. The second-order valence-corrected chi connectivity index (χ2v) is 8.89. The minimum atomic E-state index is 0.337. The fourth-order valence-corrected chi connectivity index (χ4v) is 6.82. The standard InChI is InChI=1S/C18H30N2/c19-10-18(15-1-2-15,20-16-3-4-16)17-13-6-11-5-12(8-13)9-14(17)7-11/h11-17,20H,1-10,19H2. The van der Waals surface area contributed by atoms with Crippen LogP contribution in [0.3, 0.4) is 0 Å². The van der Waals surface area contributed by atoms with E-state index in [1.54, 1.807) is 32.1 Å². The predicted octanol–water partition coefficient (Wildman–Crippen LogP) is 2.92. The van der Waals surface area contributed by atoms with E-state index in [0.717, 1.165) is 48.1 Å². The van der Waals surface area contributed by atoms with Crippen LogP contribution in [0.15, 0.2) is 0 Å². The largest absolute Gasteiger partial charge is 0.329 e. The second-order valence-electron chi connectivity index (χ2n) is 8.89. The molecule has 6 aliphatic rings. The van der Waals surface area contributed by atoms with Gasteiger partial charge in [-0.2, -0.15) is 0 Å². The van der Waals surface area contributed by atoms with Crippen LogP contribution in [0.1, 0.15) is 57.8 Å². The van der Waals surface area contributed by atoms with E-state index in [-0.39, 0.29) is 0 Å². The molecule has 2 nitrogen and oxygen atoms in total. The van der Waals surface area contributed by atoms with E-state index in [4.69, 9.17) is 5.73 Å². The average molecular weight is 274 g/mol. The van der Waals surface area contributed by atoms with Gasteiger partial charge in [-0.1, -0.05) is 0 Å². The topological polar surface area (TPSA) is 38.0 Å². The first-order chi connectivity index (χ1) is 9.78. The maximum Gasteiger partial charge on any atom is 0.0368 e. The van der Waals surface area contributed by atoms with Crippen LogP contribution >= 0.6 is 0 Å². The van der Waals surface area contributed by atoms with Crippen molar-refractivity contribution in [2.24, 2.45) is 41.2 Å². The zero-order valence-electron chi connectivity index (χ0n) is 12.7. The van der Waals surface area contributed by atoms with Crippen LogP contribution in [0, 0.1) is 35.5 Å². The van der Waals surface area contributed by atoms with Crippen LogP contribution in [0.2, 0.25) is 0 Å². The molecule has 6 fully saturated rings. The zero-order chi connectivity index (χ0) is 13.3. The van der Waals surface area contributed by atoms with Gasteiger partial charge >= 0.3 is 0 Å². The molecule has 6 aliphatic carbocycles. The van der Waals surface area contributed by atoms with E-state index < -0.39 is 0 Å². The maximum atomic E-state index is 6.44. The van der Waals surface area contributed by atoms with Crippen molar-refractivity contribution in [3.05, 3.63) is 0 Å². The number of hydrogen-bond acceptors (Lipinski definition) is 2. The Morgan fingerprint density at radius 2 is 1.45 bits per heavy atom. The fourth-order valence-electron chi connectivity index (χ4n) is 6.82. The average Bonchev–Trinajstić information content (AvgIpc) is 3.29. The van der Waals surface area contributed by atoms with Crippen molar-refractivity contribution < 1.29 is 0 Å². The summed E-state index contributed by atoms with van der Waals surface area (Å²) in [6.45, 7) is 0.904. The third kappa shape index (κ3) is 1.76. The van der Waals surface area contributed by atoms with Crippen molar-refractivity contribution in [1.82, 2.24) is 5.32 Å². The van der Waals surface area contributed by atoms with Gasteiger partial charge in [0.05, 0.1) is 0 Å². The highest BCUT2D eigenvalue weighted by Crippen LogP contribution is 2.62. The highest BCUT2D eigenvalue weighted by molar-refractivity contribution is 5.15. The molecule has 6 rings (SSSR count). The minimum absolute atomic E-state index is 0.337. The molecule has 6 saturated carbocycles. The van der Waals surface area contributed by atoms with E-state index >= 15 is 0 Å². The molecule has 0 aromatic carbocycles. The molecule has 0 heterocycles. The first kappa shape index (κ1) is 12.5. The summed E-state index contributed by atoms with van der Waals surface area (Å²) in [6.07, 6.45) is 13.4. The molecule has 0 radical (unpaired) electrons.